The van der Waals surface area contributed by atoms with E-state index >= 15 is 0 Å². The van der Waals surface area contributed by atoms with Crippen molar-refractivity contribution < 1.29 is 9.15 Å². The molecule has 0 amide bonds. The zero-order valence-corrected chi connectivity index (χ0v) is 29.7. The Labute approximate surface area is 313 Å². The van der Waals surface area contributed by atoms with Gasteiger partial charge in [0.05, 0.1) is 7.11 Å². The third-order valence-electron chi connectivity index (χ3n) is 10.6. The van der Waals surface area contributed by atoms with E-state index in [-0.39, 0.29) is 0 Å². The maximum atomic E-state index is 6.21. The van der Waals surface area contributed by atoms with Crippen molar-refractivity contribution in [3.8, 4) is 39.1 Å². The molecule has 0 spiro atoms. The molecule has 0 aliphatic heterocycles. The average Bonchev–Trinajstić information content (AvgIpc) is 3.62. The molecule has 3 nitrogen and oxygen atoms in total. The Morgan fingerprint density at radius 1 is 0.370 bits per heavy atom. The van der Waals surface area contributed by atoms with Gasteiger partial charge in [-0.05, 0) is 110 Å². The van der Waals surface area contributed by atoms with Crippen LogP contribution in [0.3, 0.4) is 0 Å². The van der Waals surface area contributed by atoms with Crippen LogP contribution in [0.5, 0.6) is 5.75 Å². The van der Waals surface area contributed by atoms with Gasteiger partial charge in [-0.1, -0.05) is 133 Å². The van der Waals surface area contributed by atoms with Gasteiger partial charge in [0.2, 0.25) is 0 Å². The minimum Gasteiger partial charge on any atom is -0.496 e. The molecular weight excluding hydrogens is 659 g/mol. The number of methoxy groups -OCH3 is 1. The van der Waals surface area contributed by atoms with Crippen LogP contribution in [0.4, 0.5) is 17.1 Å². The smallest absolute Gasteiger partial charge is 0.135 e. The molecular formula is C51H35NO2. The summed E-state index contributed by atoms with van der Waals surface area (Å²) in [6.07, 6.45) is 0. The first-order valence-electron chi connectivity index (χ1n) is 18.3. The summed E-state index contributed by atoms with van der Waals surface area (Å²) in [7, 11) is 1.73. The van der Waals surface area contributed by atoms with Gasteiger partial charge in [-0.15, -0.1) is 0 Å². The highest BCUT2D eigenvalue weighted by atomic mass is 16.5. The van der Waals surface area contributed by atoms with Gasteiger partial charge in [0.1, 0.15) is 16.9 Å². The lowest BCUT2D eigenvalue weighted by Crippen LogP contribution is -2.09. The zero-order valence-electron chi connectivity index (χ0n) is 29.7. The second kappa shape index (κ2) is 13.1. The highest BCUT2D eigenvalue weighted by Crippen LogP contribution is 2.41. The highest BCUT2D eigenvalue weighted by Gasteiger charge is 2.17. The zero-order chi connectivity index (χ0) is 36.0. The normalized spacial score (nSPS) is 11.4. The number of anilines is 3. The third-order valence-corrected chi connectivity index (χ3v) is 10.6. The van der Waals surface area contributed by atoms with Crippen molar-refractivity contribution in [3.05, 3.63) is 194 Å². The Bertz CT molecular complexity index is 2970. The lowest BCUT2D eigenvalue weighted by molar-refractivity contribution is 0.416. The van der Waals surface area contributed by atoms with Crippen LogP contribution in [0.25, 0.3) is 76.9 Å². The van der Waals surface area contributed by atoms with Crippen LogP contribution in [0, 0.1) is 0 Å². The number of fused-ring (bicyclic) bond motifs is 5. The molecule has 10 aromatic rings. The summed E-state index contributed by atoms with van der Waals surface area (Å²) in [4.78, 5) is 2.33. The van der Waals surface area contributed by atoms with Gasteiger partial charge < -0.3 is 14.1 Å². The maximum absolute atomic E-state index is 6.21. The number of hydrogen-bond acceptors (Lipinski definition) is 3. The van der Waals surface area contributed by atoms with Gasteiger partial charge in [-0.3, -0.25) is 0 Å². The molecule has 0 radical (unpaired) electrons. The molecule has 0 aliphatic carbocycles. The van der Waals surface area contributed by atoms with Gasteiger partial charge in [0.25, 0.3) is 0 Å². The van der Waals surface area contributed by atoms with E-state index in [1.165, 1.54) is 38.2 Å². The molecule has 0 atom stereocenters. The number of ether oxygens (including phenoxy) is 1. The van der Waals surface area contributed by atoms with Crippen LogP contribution < -0.4 is 9.64 Å². The van der Waals surface area contributed by atoms with Gasteiger partial charge in [0, 0.05) is 33.4 Å². The monoisotopic (exact) mass is 693 g/mol. The lowest BCUT2D eigenvalue weighted by atomic mass is 9.94. The summed E-state index contributed by atoms with van der Waals surface area (Å²) in [6.45, 7) is 0. The third kappa shape index (κ3) is 5.46. The maximum Gasteiger partial charge on any atom is 0.135 e. The molecule has 0 saturated heterocycles. The minimum atomic E-state index is 0.873. The molecule has 0 saturated carbocycles. The van der Waals surface area contributed by atoms with Crippen molar-refractivity contribution >= 4 is 60.5 Å². The first kappa shape index (κ1) is 31.6. The topological polar surface area (TPSA) is 25.6 Å². The number of rotatable bonds is 7. The number of benzene rings is 9. The van der Waals surface area contributed by atoms with E-state index in [1.54, 1.807) is 7.11 Å². The van der Waals surface area contributed by atoms with Crippen molar-refractivity contribution in [2.75, 3.05) is 12.0 Å². The van der Waals surface area contributed by atoms with Crippen molar-refractivity contribution in [2.24, 2.45) is 0 Å². The molecule has 3 heteroatoms. The molecule has 0 aliphatic rings. The standard InChI is InChI=1S/C51H35NO2/c1-53-49-18-6-4-14-46(49)45-17-9-12-38-32-37(24-30-44(38)45)34-20-25-39(26-21-34)52(41-29-31-51-48(33-41)47-15-5-7-19-50(47)54-51)40-27-22-36(23-28-40)43-16-8-11-35-10-2-3-13-42(35)43/h2-33H,1H3. The summed E-state index contributed by atoms with van der Waals surface area (Å²) in [6, 6.07) is 69.1. The quantitative estimate of drug-likeness (QED) is 0.166. The molecule has 0 N–H and O–H groups in total. The van der Waals surface area contributed by atoms with E-state index in [0.29, 0.717) is 0 Å². The number of furan rings is 1. The molecule has 1 aromatic heterocycles. The van der Waals surface area contributed by atoms with Gasteiger partial charge in [-0.25, -0.2) is 0 Å². The van der Waals surface area contributed by atoms with Crippen LogP contribution >= 0.6 is 0 Å². The fourth-order valence-corrected chi connectivity index (χ4v) is 7.94. The highest BCUT2D eigenvalue weighted by molar-refractivity contribution is 6.07. The summed E-state index contributed by atoms with van der Waals surface area (Å²) < 4.78 is 11.9. The van der Waals surface area contributed by atoms with E-state index in [2.05, 4.69) is 175 Å². The van der Waals surface area contributed by atoms with Gasteiger partial charge >= 0.3 is 0 Å². The second-order valence-electron chi connectivity index (χ2n) is 13.7. The van der Waals surface area contributed by atoms with Crippen LogP contribution in [0.2, 0.25) is 0 Å². The van der Waals surface area contributed by atoms with Crippen LogP contribution in [0.1, 0.15) is 0 Å². The lowest BCUT2D eigenvalue weighted by Gasteiger charge is -2.26. The van der Waals surface area contributed by atoms with E-state index in [0.717, 1.165) is 61.4 Å². The Hall–Kier alpha value is -7.10. The molecule has 1 heterocycles. The fraction of sp³-hybridized carbons (Fsp3) is 0.0196. The van der Waals surface area contributed by atoms with E-state index in [9.17, 15) is 0 Å². The summed E-state index contributed by atoms with van der Waals surface area (Å²) in [5, 5.41) is 7.09. The first-order valence-corrected chi connectivity index (χ1v) is 18.3. The van der Waals surface area contributed by atoms with Gasteiger partial charge in [0.15, 0.2) is 0 Å². The molecule has 0 fully saturated rings. The Balaban J connectivity index is 1.05. The molecule has 10 rings (SSSR count). The summed E-state index contributed by atoms with van der Waals surface area (Å²) >= 11 is 0. The largest absolute Gasteiger partial charge is 0.496 e. The molecule has 0 bridgehead atoms. The Morgan fingerprint density at radius 3 is 1.76 bits per heavy atom. The minimum absolute atomic E-state index is 0.873. The predicted molar refractivity (Wildman–Crippen MR) is 226 cm³/mol. The Kier molecular flexibility index (Phi) is 7.70. The van der Waals surface area contributed by atoms with Gasteiger partial charge in [-0.2, -0.15) is 0 Å². The van der Waals surface area contributed by atoms with Crippen LogP contribution in [0.15, 0.2) is 199 Å². The number of nitrogens with zero attached hydrogens (tertiary/aromatic N) is 1. The molecule has 256 valence electrons. The SMILES string of the molecule is COc1ccccc1-c1cccc2cc(-c3ccc(N(c4ccc(-c5cccc6ccccc56)cc4)c4ccc5oc6ccccc6c5c4)cc3)ccc12. The van der Waals surface area contributed by atoms with Crippen molar-refractivity contribution in [2.45, 2.75) is 0 Å². The predicted octanol–water partition coefficient (Wildman–Crippen LogP) is 14.4. The molecule has 0 unspecified atom stereocenters. The molecule has 9 aromatic carbocycles. The molecule has 54 heavy (non-hydrogen) atoms. The average molecular weight is 694 g/mol. The second-order valence-corrected chi connectivity index (χ2v) is 13.7. The van der Waals surface area contributed by atoms with Crippen molar-refractivity contribution in [1.82, 2.24) is 0 Å². The van der Waals surface area contributed by atoms with E-state index in [1.807, 2.05) is 24.3 Å². The summed E-state index contributed by atoms with van der Waals surface area (Å²) in [5.41, 5.74) is 12.0. The first-order chi connectivity index (χ1) is 26.7. The van der Waals surface area contributed by atoms with Crippen LogP contribution in [-0.2, 0) is 0 Å². The van der Waals surface area contributed by atoms with E-state index in [4.69, 9.17) is 9.15 Å². The van der Waals surface area contributed by atoms with Crippen molar-refractivity contribution in [3.63, 3.8) is 0 Å². The Morgan fingerprint density at radius 2 is 0.944 bits per heavy atom. The fourth-order valence-electron chi connectivity index (χ4n) is 7.94. The van der Waals surface area contributed by atoms with Crippen molar-refractivity contribution in [1.29, 1.82) is 0 Å². The number of para-hydroxylation sites is 2. The summed E-state index contributed by atoms with van der Waals surface area (Å²) in [5.74, 6) is 0.873. The van der Waals surface area contributed by atoms with E-state index < -0.39 is 0 Å². The van der Waals surface area contributed by atoms with Crippen LogP contribution in [-0.4, -0.2) is 7.11 Å². The number of hydrogen-bond donors (Lipinski definition) is 0.